The highest BCUT2D eigenvalue weighted by Gasteiger charge is 2.42. The zero-order valence-corrected chi connectivity index (χ0v) is 12.3. The highest BCUT2D eigenvalue weighted by atomic mass is 16.5. The Morgan fingerprint density at radius 2 is 2.14 bits per heavy atom. The van der Waals surface area contributed by atoms with Crippen LogP contribution in [-0.2, 0) is 11.3 Å². The van der Waals surface area contributed by atoms with Crippen LogP contribution in [0.3, 0.4) is 0 Å². The van der Waals surface area contributed by atoms with Crippen molar-refractivity contribution in [1.29, 1.82) is 0 Å². The fourth-order valence-corrected chi connectivity index (χ4v) is 2.86. The number of carbonyl (C=O) groups is 1. The maximum atomic E-state index is 12.6. The lowest BCUT2D eigenvalue weighted by Crippen LogP contribution is -2.49. The molecule has 4 N–H and O–H groups in total. The number of rotatable bonds is 4. The van der Waals surface area contributed by atoms with Gasteiger partial charge in [0.05, 0.1) is 12.2 Å². The summed E-state index contributed by atoms with van der Waals surface area (Å²) < 4.78 is 5.07. The van der Waals surface area contributed by atoms with Crippen LogP contribution in [0.5, 0.6) is 0 Å². The minimum Gasteiger partial charge on any atom is -0.409 e. The predicted octanol–water partition coefficient (Wildman–Crippen LogP) is 1.69. The number of nitrogens with two attached hydrogens (primary N) is 1. The normalized spacial score (nSPS) is 19.0. The van der Waals surface area contributed by atoms with Gasteiger partial charge in [0.25, 0.3) is 0 Å². The second-order valence-corrected chi connectivity index (χ2v) is 5.60. The molecule has 1 aromatic rings. The Morgan fingerprint density at radius 3 is 2.67 bits per heavy atom. The molecule has 116 valence electrons. The smallest absolute Gasteiger partial charge is 0.234 e. The minimum absolute atomic E-state index is 0.00403. The summed E-state index contributed by atoms with van der Waals surface area (Å²) in [5, 5.41) is 18.7. The Hall–Kier alpha value is -2.05. The molecule has 1 saturated carbocycles. The van der Waals surface area contributed by atoms with Crippen molar-refractivity contribution in [3.63, 3.8) is 0 Å². The van der Waals surface area contributed by atoms with Gasteiger partial charge in [-0.25, -0.2) is 0 Å². The summed E-state index contributed by atoms with van der Waals surface area (Å²) in [7, 11) is 0. The third kappa shape index (κ3) is 3.34. The summed E-state index contributed by atoms with van der Waals surface area (Å²) >= 11 is 0. The van der Waals surface area contributed by atoms with Crippen LogP contribution in [-0.4, -0.2) is 22.1 Å². The van der Waals surface area contributed by atoms with Crippen molar-refractivity contribution in [3.8, 4) is 0 Å². The average Bonchev–Trinajstić information content (AvgIpc) is 2.76. The molecule has 0 unspecified atom stereocenters. The average molecular weight is 294 g/mol. The summed E-state index contributed by atoms with van der Waals surface area (Å²) in [4.78, 5) is 12.6. The predicted molar refractivity (Wildman–Crippen MR) is 76.6 cm³/mol. The molecule has 7 nitrogen and oxygen atoms in total. The van der Waals surface area contributed by atoms with Crippen molar-refractivity contribution in [2.75, 3.05) is 0 Å². The van der Waals surface area contributed by atoms with E-state index >= 15 is 0 Å². The zero-order chi connectivity index (χ0) is 15.3. The fourth-order valence-electron chi connectivity index (χ4n) is 2.86. The van der Waals surface area contributed by atoms with Gasteiger partial charge >= 0.3 is 0 Å². The summed E-state index contributed by atoms with van der Waals surface area (Å²) in [5.74, 6) is 0.369. The van der Waals surface area contributed by atoms with Crippen molar-refractivity contribution < 1.29 is 14.5 Å². The number of hydrogen-bond acceptors (Lipinski definition) is 5. The van der Waals surface area contributed by atoms with Crippen LogP contribution < -0.4 is 11.1 Å². The molecule has 1 aliphatic carbocycles. The van der Waals surface area contributed by atoms with Crippen LogP contribution in [0.1, 0.15) is 50.0 Å². The monoisotopic (exact) mass is 294 g/mol. The number of oxime groups is 1. The maximum absolute atomic E-state index is 12.6. The summed E-state index contributed by atoms with van der Waals surface area (Å²) in [6.07, 6.45) is 5.12. The Bertz CT molecular complexity index is 516. The highest BCUT2D eigenvalue weighted by molar-refractivity contribution is 6.06. The molecule has 1 heterocycles. The molecular formula is C14H22N4O3. The van der Waals surface area contributed by atoms with Crippen molar-refractivity contribution in [2.45, 2.75) is 52.0 Å². The molecule has 0 atom stereocenters. The zero-order valence-electron chi connectivity index (χ0n) is 12.3. The van der Waals surface area contributed by atoms with Gasteiger partial charge in [-0.2, -0.15) is 0 Å². The molecule has 1 aromatic heterocycles. The largest absolute Gasteiger partial charge is 0.409 e. The Morgan fingerprint density at radius 1 is 1.48 bits per heavy atom. The van der Waals surface area contributed by atoms with Gasteiger partial charge in [0.2, 0.25) is 5.91 Å². The van der Waals surface area contributed by atoms with Gasteiger partial charge < -0.3 is 20.8 Å². The summed E-state index contributed by atoms with van der Waals surface area (Å²) in [6.45, 7) is 2.07. The van der Waals surface area contributed by atoms with E-state index < -0.39 is 5.41 Å². The summed E-state index contributed by atoms with van der Waals surface area (Å²) in [5.41, 5.74) is 5.68. The third-order valence-corrected chi connectivity index (χ3v) is 4.09. The quantitative estimate of drug-likeness (QED) is 0.257. The van der Waals surface area contributed by atoms with Gasteiger partial charge in [-0.1, -0.05) is 36.0 Å². The van der Waals surface area contributed by atoms with E-state index in [-0.39, 0.29) is 18.3 Å². The maximum Gasteiger partial charge on any atom is 0.234 e. The van der Waals surface area contributed by atoms with Crippen LogP contribution in [0.15, 0.2) is 15.7 Å². The number of carbonyl (C=O) groups excluding carboxylic acids is 1. The second kappa shape index (κ2) is 6.60. The van der Waals surface area contributed by atoms with Gasteiger partial charge in [0.1, 0.15) is 5.41 Å². The molecule has 0 saturated heterocycles. The van der Waals surface area contributed by atoms with E-state index in [1.165, 1.54) is 0 Å². The molecule has 0 bridgehead atoms. The topological polar surface area (TPSA) is 114 Å². The van der Waals surface area contributed by atoms with Crippen LogP contribution >= 0.6 is 0 Å². The minimum atomic E-state index is -0.916. The van der Waals surface area contributed by atoms with E-state index in [0.29, 0.717) is 18.6 Å². The highest BCUT2D eigenvalue weighted by Crippen LogP contribution is 2.35. The Balaban J connectivity index is 2.10. The molecule has 1 amide bonds. The van der Waals surface area contributed by atoms with Gasteiger partial charge in [-0.05, 0) is 19.8 Å². The van der Waals surface area contributed by atoms with Gasteiger partial charge in [0, 0.05) is 6.07 Å². The fraction of sp³-hybridized carbons (Fsp3) is 0.643. The first-order valence-electron chi connectivity index (χ1n) is 7.27. The molecule has 0 aromatic carbocycles. The van der Waals surface area contributed by atoms with E-state index in [1.807, 2.05) is 6.92 Å². The van der Waals surface area contributed by atoms with Crippen LogP contribution in [0.25, 0.3) is 0 Å². The molecule has 0 spiro atoms. The van der Waals surface area contributed by atoms with Crippen molar-refractivity contribution in [3.05, 3.63) is 17.5 Å². The van der Waals surface area contributed by atoms with E-state index in [2.05, 4.69) is 15.6 Å². The number of aryl methyl sites for hydroxylation is 1. The molecular weight excluding hydrogens is 272 g/mol. The standard InChI is InChI=1S/C14H22N4O3/c1-10-8-11(21-18-10)9-16-13(19)14(12(15)17-20)6-4-2-3-5-7-14/h8,20H,2-7,9H2,1H3,(H2,15,17)(H,16,19). The third-order valence-electron chi connectivity index (χ3n) is 4.09. The lowest BCUT2D eigenvalue weighted by molar-refractivity contribution is -0.128. The van der Waals surface area contributed by atoms with Gasteiger partial charge in [-0.15, -0.1) is 0 Å². The molecule has 0 aliphatic heterocycles. The molecule has 21 heavy (non-hydrogen) atoms. The molecule has 7 heteroatoms. The Labute approximate surface area is 123 Å². The first-order chi connectivity index (χ1) is 10.1. The van der Waals surface area contributed by atoms with Crippen molar-refractivity contribution in [1.82, 2.24) is 10.5 Å². The molecule has 1 aliphatic rings. The number of amidine groups is 1. The number of nitrogens with one attached hydrogen (secondary N) is 1. The second-order valence-electron chi connectivity index (χ2n) is 5.60. The molecule has 0 radical (unpaired) electrons. The first kappa shape index (κ1) is 15.3. The van der Waals surface area contributed by atoms with Crippen molar-refractivity contribution in [2.24, 2.45) is 16.3 Å². The van der Waals surface area contributed by atoms with Crippen molar-refractivity contribution >= 4 is 11.7 Å². The lowest BCUT2D eigenvalue weighted by atomic mass is 9.78. The molecule has 1 fully saturated rings. The van der Waals surface area contributed by atoms with Gasteiger partial charge in [-0.3, -0.25) is 4.79 Å². The van der Waals surface area contributed by atoms with Gasteiger partial charge in [0.15, 0.2) is 11.6 Å². The Kier molecular flexibility index (Phi) is 4.82. The lowest BCUT2D eigenvalue weighted by Gasteiger charge is -2.29. The van der Waals surface area contributed by atoms with Crippen LogP contribution in [0, 0.1) is 12.3 Å². The number of aromatic nitrogens is 1. The van der Waals surface area contributed by atoms with E-state index in [0.717, 1.165) is 31.4 Å². The van der Waals surface area contributed by atoms with Crippen LogP contribution in [0.4, 0.5) is 0 Å². The molecule has 2 rings (SSSR count). The number of nitrogens with zero attached hydrogens (tertiary/aromatic N) is 2. The van der Waals surface area contributed by atoms with E-state index in [4.69, 9.17) is 15.5 Å². The van der Waals surface area contributed by atoms with E-state index in [1.54, 1.807) is 6.07 Å². The first-order valence-corrected chi connectivity index (χ1v) is 7.27. The SMILES string of the molecule is Cc1cc(CNC(=O)C2(C(N)=NO)CCCCCC2)on1. The summed E-state index contributed by atoms with van der Waals surface area (Å²) in [6, 6.07) is 1.77. The van der Waals surface area contributed by atoms with E-state index in [9.17, 15) is 4.79 Å². The number of amides is 1. The van der Waals surface area contributed by atoms with Crippen LogP contribution in [0.2, 0.25) is 0 Å². The number of hydrogen-bond donors (Lipinski definition) is 3.